The van der Waals surface area contributed by atoms with Gasteiger partial charge in [-0.3, -0.25) is 4.98 Å². The van der Waals surface area contributed by atoms with Gasteiger partial charge in [-0.15, -0.1) is 0 Å². The summed E-state index contributed by atoms with van der Waals surface area (Å²) in [5.41, 5.74) is 9.61. The van der Waals surface area contributed by atoms with Crippen molar-refractivity contribution < 1.29 is 0 Å². The molecule has 0 spiro atoms. The van der Waals surface area contributed by atoms with Gasteiger partial charge in [0.25, 0.3) is 0 Å². The largest absolute Gasteiger partial charge is 0.382 e. The molecule has 1 aromatic heterocycles. The molecule has 0 saturated carbocycles. The second-order valence-electron chi connectivity index (χ2n) is 16.0. The van der Waals surface area contributed by atoms with E-state index in [2.05, 4.69) is 166 Å². The van der Waals surface area contributed by atoms with Crippen molar-refractivity contribution >= 4 is 12.2 Å². The molecule has 4 nitrogen and oxygen atoms in total. The molecule has 0 fully saturated rings. The van der Waals surface area contributed by atoms with Gasteiger partial charge in [-0.25, -0.2) is 0 Å². The van der Waals surface area contributed by atoms with Crippen LogP contribution < -0.4 is 16.0 Å². The summed E-state index contributed by atoms with van der Waals surface area (Å²) in [7, 11) is 1.95. The summed E-state index contributed by atoms with van der Waals surface area (Å²) in [6, 6.07) is 13.1. The van der Waals surface area contributed by atoms with Gasteiger partial charge < -0.3 is 16.0 Å². The topological polar surface area (TPSA) is 49.0 Å². The van der Waals surface area contributed by atoms with Crippen LogP contribution in [-0.4, -0.2) is 24.1 Å². The van der Waals surface area contributed by atoms with Crippen molar-refractivity contribution in [1.82, 2.24) is 20.9 Å². The lowest BCUT2D eigenvalue weighted by molar-refractivity contribution is 0.401. The van der Waals surface area contributed by atoms with E-state index in [1.54, 1.807) is 0 Å². The molecule has 4 atom stereocenters. The summed E-state index contributed by atoms with van der Waals surface area (Å²) < 4.78 is 0. The Balaban J connectivity index is 0. The van der Waals surface area contributed by atoms with Crippen LogP contribution in [0.4, 0.5) is 0 Å². The maximum atomic E-state index is 4.48. The van der Waals surface area contributed by atoms with Crippen molar-refractivity contribution in [3.05, 3.63) is 126 Å². The SMILES string of the molecule is C=C(CCc1ccnc2c1C=CCC=C2)NC(CCC)C(=C)C.C=C(N[C@H](C(=C)C)C(C)C)C(C)CC(C)CC.CC.CCC(C)C.CNCc1ccccc1. The molecule has 1 aromatic carbocycles. The predicted molar refractivity (Wildman–Crippen MR) is 256 cm³/mol. The van der Waals surface area contributed by atoms with E-state index in [4.69, 9.17) is 0 Å². The number of hydrogen-bond donors (Lipinski definition) is 3. The third-order valence-electron chi connectivity index (χ3n) is 9.82. The van der Waals surface area contributed by atoms with Crippen LogP contribution in [-0.2, 0) is 13.0 Å². The molecular formula is C52H88N4. The number of pyridine rings is 1. The standard InChI is InChI=1S/C21H28N2.C16H31N.C8H11N.C5H12.C2H6/c1-5-9-20(16(2)3)23-17(4)12-13-18-14-15-22-21-11-8-6-7-10-19(18)21;1-9-13(6)10-14(7)15(8)17-16(11(2)3)12(4)5;1-9-7-8-5-3-2-4-6-8;1-4-5(2)3;1-2/h7-8,10-11,14-15,20,23H,2,4-6,9,12-13H2,1,3H3;12-14,16-17H,2,8-10H2,1,3-7H3;2-6,9H,7H2,1H3;5H,4H2,1-3H3;1-2H3/t;13?,14?,16-;;;/m.1.../s1. The molecule has 1 aliphatic carbocycles. The minimum atomic E-state index is 0.338. The Bertz CT molecular complexity index is 1400. The van der Waals surface area contributed by atoms with Crippen molar-refractivity contribution in [2.75, 3.05) is 7.05 Å². The van der Waals surface area contributed by atoms with Crippen LogP contribution in [0.5, 0.6) is 0 Å². The number of fused-ring (bicyclic) bond motifs is 1. The van der Waals surface area contributed by atoms with Crippen LogP contribution in [0.3, 0.4) is 0 Å². The van der Waals surface area contributed by atoms with Crippen LogP contribution in [0.1, 0.15) is 157 Å². The number of aryl methyl sites for hydroxylation is 1. The molecule has 0 saturated heterocycles. The molecule has 1 heterocycles. The summed E-state index contributed by atoms with van der Waals surface area (Å²) >= 11 is 0. The zero-order valence-corrected chi connectivity index (χ0v) is 39.0. The van der Waals surface area contributed by atoms with Gasteiger partial charge in [0.05, 0.1) is 5.69 Å². The lowest BCUT2D eigenvalue weighted by Crippen LogP contribution is -2.35. The second-order valence-corrected chi connectivity index (χ2v) is 16.0. The average molecular weight is 769 g/mol. The quantitative estimate of drug-likeness (QED) is 0.125. The maximum absolute atomic E-state index is 4.48. The molecule has 0 amide bonds. The van der Waals surface area contributed by atoms with Gasteiger partial charge in [-0.2, -0.15) is 0 Å². The zero-order valence-electron chi connectivity index (χ0n) is 39.0. The average Bonchev–Trinajstić information content (AvgIpc) is 3.44. The fourth-order valence-corrected chi connectivity index (χ4v) is 5.77. The summed E-state index contributed by atoms with van der Waals surface area (Å²) in [6.07, 6.45) is 19.5. The van der Waals surface area contributed by atoms with Crippen molar-refractivity contribution in [3.8, 4) is 0 Å². The maximum Gasteiger partial charge on any atom is 0.0701 e. The van der Waals surface area contributed by atoms with Crippen LogP contribution in [0.25, 0.3) is 12.2 Å². The van der Waals surface area contributed by atoms with Crippen LogP contribution in [0.15, 0.2) is 104 Å². The fourth-order valence-electron chi connectivity index (χ4n) is 5.77. The van der Waals surface area contributed by atoms with Crippen molar-refractivity contribution in [2.24, 2.45) is 23.7 Å². The van der Waals surface area contributed by atoms with Crippen LogP contribution in [0.2, 0.25) is 0 Å². The Morgan fingerprint density at radius 2 is 1.41 bits per heavy atom. The Hall–Kier alpha value is -3.63. The summed E-state index contributed by atoms with van der Waals surface area (Å²) in [6.45, 7) is 45.8. The molecule has 0 bridgehead atoms. The molecule has 2 aromatic rings. The lowest BCUT2D eigenvalue weighted by Gasteiger charge is -2.28. The fraction of sp³-hybridized carbons (Fsp3) is 0.558. The number of rotatable bonds is 19. The molecule has 3 N–H and O–H groups in total. The molecule has 0 radical (unpaired) electrons. The first-order valence-corrected chi connectivity index (χ1v) is 21.8. The number of nitrogens with one attached hydrogen (secondary N) is 3. The first kappa shape index (κ1) is 54.5. The van der Waals surface area contributed by atoms with Crippen LogP contribution >= 0.6 is 0 Å². The van der Waals surface area contributed by atoms with Gasteiger partial charge in [0, 0.05) is 41.8 Å². The zero-order chi connectivity index (χ0) is 43.1. The summed E-state index contributed by atoms with van der Waals surface area (Å²) in [4.78, 5) is 4.48. The third kappa shape index (κ3) is 25.5. The second kappa shape index (κ2) is 33.5. The molecule has 4 heteroatoms. The van der Waals surface area contributed by atoms with Gasteiger partial charge in [-0.05, 0) is 99.9 Å². The smallest absolute Gasteiger partial charge is 0.0701 e. The molecule has 3 unspecified atom stereocenters. The van der Waals surface area contributed by atoms with E-state index in [1.807, 2.05) is 45.3 Å². The van der Waals surface area contributed by atoms with E-state index in [0.29, 0.717) is 23.9 Å². The van der Waals surface area contributed by atoms with Crippen molar-refractivity contribution in [1.29, 1.82) is 0 Å². The number of aromatic nitrogens is 1. The molecule has 0 aliphatic heterocycles. The summed E-state index contributed by atoms with van der Waals surface area (Å²) in [5.74, 6) is 2.74. The highest BCUT2D eigenvalue weighted by molar-refractivity contribution is 5.67. The van der Waals surface area contributed by atoms with E-state index in [9.17, 15) is 0 Å². The van der Waals surface area contributed by atoms with E-state index in [0.717, 1.165) is 67.6 Å². The van der Waals surface area contributed by atoms with Gasteiger partial charge >= 0.3 is 0 Å². The minimum absolute atomic E-state index is 0.338. The molecular weight excluding hydrogens is 681 g/mol. The Labute approximate surface area is 348 Å². The van der Waals surface area contributed by atoms with Gasteiger partial charge in [0.1, 0.15) is 0 Å². The Morgan fingerprint density at radius 3 is 1.91 bits per heavy atom. The van der Waals surface area contributed by atoms with Gasteiger partial charge in [0.15, 0.2) is 0 Å². The molecule has 56 heavy (non-hydrogen) atoms. The van der Waals surface area contributed by atoms with Crippen LogP contribution in [0, 0.1) is 23.7 Å². The van der Waals surface area contributed by atoms with Gasteiger partial charge in [0.2, 0.25) is 0 Å². The molecule has 3 rings (SSSR count). The van der Waals surface area contributed by atoms with E-state index < -0.39 is 0 Å². The number of benzene rings is 1. The monoisotopic (exact) mass is 769 g/mol. The number of hydrogen-bond acceptors (Lipinski definition) is 4. The lowest BCUT2D eigenvalue weighted by atomic mass is 9.91. The Kier molecular flexibility index (Phi) is 32.6. The van der Waals surface area contributed by atoms with E-state index in [1.165, 1.54) is 47.1 Å². The van der Waals surface area contributed by atoms with Gasteiger partial charge in [-0.1, -0.05) is 181 Å². The first-order chi connectivity index (χ1) is 26.6. The van der Waals surface area contributed by atoms with E-state index >= 15 is 0 Å². The third-order valence-corrected chi connectivity index (χ3v) is 9.82. The molecule has 1 aliphatic rings. The normalized spacial score (nSPS) is 13.2. The number of nitrogens with zero attached hydrogens (tertiary/aromatic N) is 1. The highest BCUT2D eigenvalue weighted by Gasteiger charge is 2.18. The predicted octanol–water partition coefficient (Wildman–Crippen LogP) is 14.5. The number of allylic oxidation sites excluding steroid dienone is 4. The molecule has 316 valence electrons. The minimum Gasteiger partial charge on any atom is -0.382 e. The highest BCUT2D eigenvalue weighted by Crippen LogP contribution is 2.23. The van der Waals surface area contributed by atoms with E-state index in [-0.39, 0.29) is 0 Å². The summed E-state index contributed by atoms with van der Waals surface area (Å²) in [5, 5.41) is 10.2. The Morgan fingerprint density at radius 1 is 0.804 bits per heavy atom. The highest BCUT2D eigenvalue weighted by atomic mass is 14.9. The van der Waals surface area contributed by atoms with Crippen molar-refractivity contribution in [3.63, 3.8) is 0 Å². The van der Waals surface area contributed by atoms with Crippen molar-refractivity contribution in [2.45, 2.75) is 160 Å². The first-order valence-electron chi connectivity index (χ1n) is 21.8.